The van der Waals surface area contributed by atoms with Gasteiger partial charge in [0.15, 0.2) is 0 Å². The van der Waals surface area contributed by atoms with Gasteiger partial charge in [0.2, 0.25) is 5.91 Å². The summed E-state index contributed by atoms with van der Waals surface area (Å²) in [5.74, 6) is 2.82. The number of amides is 1. The lowest BCUT2D eigenvalue weighted by Crippen LogP contribution is -2.35. The van der Waals surface area contributed by atoms with Crippen LogP contribution in [0.2, 0.25) is 0 Å². The fraction of sp³-hybridized carbons (Fsp3) is 0.524. The van der Waals surface area contributed by atoms with Crippen LogP contribution in [-0.4, -0.2) is 15.7 Å². The maximum Gasteiger partial charge on any atom is 0.227 e. The van der Waals surface area contributed by atoms with Crippen LogP contribution in [0.1, 0.15) is 50.0 Å². The molecule has 0 bridgehead atoms. The van der Waals surface area contributed by atoms with Crippen molar-refractivity contribution in [1.82, 2.24) is 9.78 Å². The first-order valence-electron chi connectivity index (χ1n) is 9.62. The topological polar surface area (TPSA) is 46.9 Å². The molecule has 1 N–H and O–H groups in total. The maximum atomic E-state index is 12.5. The molecule has 1 heterocycles. The predicted octanol–water partition coefficient (Wildman–Crippen LogP) is 4.34. The van der Waals surface area contributed by atoms with Crippen molar-refractivity contribution in [1.29, 1.82) is 0 Å². The quantitative estimate of drug-likeness (QED) is 0.883. The molecule has 0 spiro atoms. The summed E-state index contributed by atoms with van der Waals surface area (Å²) < 4.78 is 1.84. The first-order valence-corrected chi connectivity index (χ1v) is 9.62. The number of nitrogens with one attached hydrogen (secondary N) is 1. The van der Waals surface area contributed by atoms with Crippen LogP contribution >= 0.6 is 0 Å². The van der Waals surface area contributed by atoms with Crippen LogP contribution in [0.4, 0.5) is 5.69 Å². The van der Waals surface area contributed by atoms with Crippen molar-refractivity contribution in [3.8, 4) is 11.3 Å². The van der Waals surface area contributed by atoms with Crippen LogP contribution < -0.4 is 5.32 Å². The van der Waals surface area contributed by atoms with Crippen LogP contribution in [0.3, 0.4) is 0 Å². The minimum absolute atomic E-state index is 0.197. The minimum Gasteiger partial charge on any atom is -0.326 e. The largest absolute Gasteiger partial charge is 0.326 e. The van der Waals surface area contributed by atoms with Gasteiger partial charge in [-0.2, -0.15) is 5.10 Å². The smallest absolute Gasteiger partial charge is 0.227 e. The van der Waals surface area contributed by atoms with E-state index in [-0.39, 0.29) is 11.8 Å². The molecule has 4 heteroatoms. The number of aromatic nitrogens is 2. The summed E-state index contributed by atoms with van der Waals surface area (Å²) in [6, 6.07) is 8.42. The number of nitrogens with zero attached hydrogens (tertiary/aromatic N) is 2. The fourth-order valence-corrected chi connectivity index (χ4v) is 4.24. The molecule has 3 fully saturated rings. The summed E-state index contributed by atoms with van der Waals surface area (Å²) in [4.78, 5) is 12.5. The Hall–Kier alpha value is -2.10. The van der Waals surface area contributed by atoms with Crippen LogP contribution in [0.5, 0.6) is 0 Å². The van der Waals surface area contributed by atoms with E-state index in [2.05, 4.69) is 34.7 Å². The molecule has 0 aliphatic heterocycles. The molecule has 0 radical (unpaired) electrons. The Kier molecular flexibility index (Phi) is 3.47. The second kappa shape index (κ2) is 5.72. The molecule has 0 atom stereocenters. The highest BCUT2D eigenvalue weighted by Crippen LogP contribution is 2.50. The number of anilines is 1. The number of hydrogen-bond acceptors (Lipinski definition) is 2. The van der Waals surface area contributed by atoms with Gasteiger partial charge in [-0.3, -0.25) is 9.48 Å². The highest BCUT2D eigenvalue weighted by atomic mass is 16.1. The molecule has 1 aromatic carbocycles. The van der Waals surface area contributed by atoms with Gasteiger partial charge in [-0.25, -0.2) is 0 Å². The molecule has 2 aromatic rings. The molecule has 3 aliphatic rings. The molecule has 0 saturated heterocycles. The van der Waals surface area contributed by atoms with Gasteiger partial charge in [0.1, 0.15) is 0 Å². The maximum absolute atomic E-state index is 12.5. The second-order valence-corrected chi connectivity index (χ2v) is 8.21. The molecule has 25 heavy (non-hydrogen) atoms. The first kappa shape index (κ1) is 15.2. The molecule has 1 amide bonds. The summed E-state index contributed by atoms with van der Waals surface area (Å²) >= 11 is 0. The zero-order valence-corrected chi connectivity index (χ0v) is 14.7. The molecule has 4 nitrogen and oxygen atoms in total. The zero-order chi connectivity index (χ0) is 17.0. The molecular formula is C21H25N3O. The van der Waals surface area contributed by atoms with Crippen molar-refractivity contribution in [2.24, 2.45) is 24.8 Å². The Morgan fingerprint density at radius 2 is 1.92 bits per heavy atom. The summed E-state index contributed by atoms with van der Waals surface area (Å²) in [7, 11) is 1.94. The number of carbonyl (C=O) groups excluding carboxylic acids is 1. The standard InChI is InChI=1S/C21H25N3O/c1-24-9-8-20(23-24)19-12-17(6-7-18(19)14-4-5-14)22-21(25)16-10-15(11-16)13-2-3-13/h6-9,12-16H,2-5,10-11H2,1H3,(H,22,25)/t15-,16+. The average Bonchev–Trinajstić information content (AvgIpc) is 3.46. The Labute approximate surface area is 148 Å². The van der Waals surface area contributed by atoms with E-state index in [1.807, 2.05) is 17.9 Å². The molecule has 3 aliphatic carbocycles. The lowest BCUT2D eigenvalue weighted by Gasteiger charge is -2.34. The SMILES string of the molecule is Cn1ccc(-c2cc(NC(=O)[C@H]3C[C@@H](C4CC4)C3)ccc2C2CC2)n1. The third-order valence-corrected chi connectivity index (χ3v) is 6.16. The lowest BCUT2D eigenvalue weighted by atomic mass is 9.72. The number of hydrogen-bond donors (Lipinski definition) is 1. The highest BCUT2D eigenvalue weighted by molar-refractivity contribution is 5.94. The normalized spacial score (nSPS) is 25.5. The van der Waals surface area contributed by atoms with Crippen molar-refractivity contribution in [3.63, 3.8) is 0 Å². The Morgan fingerprint density at radius 1 is 1.12 bits per heavy atom. The van der Waals surface area contributed by atoms with Gasteiger partial charge in [-0.1, -0.05) is 6.07 Å². The van der Waals surface area contributed by atoms with E-state index in [9.17, 15) is 4.79 Å². The zero-order valence-electron chi connectivity index (χ0n) is 14.7. The highest BCUT2D eigenvalue weighted by Gasteiger charge is 2.42. The Bertz CT molecular complexity index is 810. The summed E-state index contributed by atoms with van der Waals surface area (Å²) in [6.07, 6.45) is 9.44. The number of aryl methyl sites for hydroxylation is 1. The molecule has 5 rings (SSSR count). The summed E-state index contributed by atoms with van der Waals surface area (Å²) in [5.41, 5.74) is 4.45. The molecule has 1 aromatic heterocycles. The van der Waals surface area contributed by atoms with Crippen molar-refractivity contribution < 1.29 is 4.79 Å². The average molecular weight is 335 g/mol. The third-order valence-electron chi connectivity index (χ3n) is 6.16. The lowest BCUT2D eigenvalue weighted by molar-refractivity contribution is -0.124. The summed E-state index contributed by atoms with van der Waals surface area (Å²) in [6.45, 7) is 0. The van der Waals surface area contributed by atoms with Gasteiger partial charge in [0.05, 0.1) is 5.69 Å². The summed E-state index contributed by atoms with van der Waals surface area (Å²) in [5, 5.41) is 7.73. The van der Waals surface area contributed by atoms with Gasteiger partial charge in [0.25, 0.3) is 0 Å². The number of rotatable bonds is 5. The monoisotopic (exact) mass is 335 g/mol. The van der Waals surface area contributed by atoms with Crippen LogP contribution in [0, 0.1) is 17.8 Å². The van der Waals surface area contributed by atoms with Crippen molar-refractivity contribution in [2.45, 2.75) is 44.4 Å². The van der Waals surface area contributed by atoms with E-state index in [0.717, 1.165) is 36.1 Å². The van der Waals surface area contributed by atoms with E-state index in [1.54, 1.807) is 0 Å². The second-order valence-electron chi connectivity index (χ2n) is 8.21. The van der Waals surface area contributed by atoms with E-state index in [1.165, 1.54) is 36.8 Å². The van der Waals surface area contributed by atoms with Crippen molar-refractivity contribution in [3.05, 3.63) is 36.0 Å². The van der Waals surface area contributed by atoms with Gasteiger partial charge >= 0.3 is 0 Å². The minimum atomic E-state index is 0.197. The van der Waals surface area contributed by atoms with Gasteiger partial charge in [-0.05, 0) is 80.0 Å². The van der Waals surface area contributed by atoms with Crippen molar-refractivity contribution in [2.75, 3.05) is 5.32 Å². The van der Waals surface area contributed by atoms with E-state index < -0.39 is 0 Å². The Morgan fingerprint density at radius 3 is 2.56 bits per heavy atom. The first-order chi connectivity index (χ1) is 12.2. The van der Waals surface area contributed by atoms with Crippen LogP contribution in [0.15, 0.2) is 30.5 Å². The van der Waals surface area contributed by atoms with Crippen molar-refractivity contribution >= 4 is 11.6 Å². The van der Waals surface area contributed by atoms with E-state index in [0.29, 0.717) is 5.92 Å². The van der Waals surface area contributed by atoms with Gasteiger partial charge < -0.3 is 5.32 Å². The van der Waals surface area contributed by atoms with E-state index in [4.69, 9.17) is 0 Å². The fourth-order valence-electron chi connectivity index (χ4n) is 4.24. The molecule has 130 valence electrons. The van der Waals surface area contributed by atoms with Gasteiger partial charge in [0, 0.05) is 30.4 Å². The van der Waals surface area contributed by atoms with Gasteiger partial charge in [-0.15, -0.1) is 0 Å². The molecular weight excluding hydrogens is 310 g/mol. The number of carbonyl (C=O) groups is 1. The third kappa shape index (κ3) is 2.99. The Balaban J connectivity index is 1.34. The van der Waals surface area contributed by atoms with Crippen LogP contribution in [-0.2, 0) is 11.8 Å². The van der Waals surface area contributed by atoms with Crippen LogP contribution in [0.25, 0.3) is 11.3 Å². The predicted molar refractivity (Wildman–Crippen MR) is 98.2 cm³/mol. The molecule has 3 saturated carbocycles. The number of benzene rings is 1. The molecule has 0 unspecified atom stereocenters. The van der Waals surface area contributed by atoms with E-state index >= 15 is 0 Å².